The number of para-hydroxylation sites is 1. The fourth-order valence-corrected chi connectivity index (χ4v) is 2.03. The van der Waals surface area contributed by atoms with Gasteiger partial charge in [0.1, 0.15) is 5.69 Å². The summed E-state index contributed by atoms with van der Waals surface area (Å²) in [6.07, 6.45) is 3.26. The zero-order chi connectivity index (χ0) is 15.9. The van der Waals surface area contributed by atoms with Crippen LogP contribution in [0.15, 0.2) is 49.2 Å². The van der Waals surface area contributed by atoms with Crippen LogP contribution in [-0.2, 0) is 0 Å². The summed E-state index contributed by atoms with van der Waals surface area (Å²) >= 11 is 0. The number of aromatic nitrogens is 2. The molecule has 114 valence electrons. The first-order valence-electron chi connectivity index (χ1n) is 7.20. The lowest BCUT2D eigenvalue weighted by molar-refractivity contribution is 0.102. The number of rotatable bonds is 6. The number of carbonyl (C=O) groups excluding carboxylic acids is 1. The summed E-state index contributed by atoms with van der Waals surface area (Å²) < 4.78 is 0. The van der Waals surface area contributed by atoms with Crippen molar-refractivity contribution < 1.29 is 4.79 Å². The number of hydrogen-bond acceptors (Lipinski definition) is 4. The van der Waals surface area contributed by atoms with E-state index in [-0.39, 0.29) is 5.91 Å². The van der Waals surface area contributed by atoms with Gasteiger partial charge in [-0.1, -0.05) is 38.1 Å². The van der Waals surface area contributed by atoms with E-state index in [0.29, 0.717) is 24.1 Å². The minimum atomic E-state index is -0.253. The molecule has 2 N–H and O–H groups in total. The number of nitrogens with one attached hydrogen (secondary N) is 2. The van der Waals surface area contributed by atoms with Crippen LogP contribution in [0.1, 0.15) is 35.8 Å². The first kappa shape index (κ1) is 15.7. The largest absolute Gasteiger partial charge is 0.351 e. The Morgan fingerprint density at radius 3 is 2.82 bits per heavy atom. The fourth-order valence-electron chi connectivity index (χ4n) is 2.03. The summed E-state index contributed by atoms with van der Waals surface area (Å²) in [6, 6.07) is 9.36. The third-order valence-corrected chi connectivity index (χ3v) is 3.12. The van der Waals surface area contributed by atoms with Gasteiger partial charge in [0, 0.05) is 18.4 Å². The molecule has 0 fully saturated rings. The number of carbonyl (C=O) groups is 1. The van der Waals surface area contributed by atoms with E-state index in [9.17, 15) is 4.79 Å². The van der Waals surface area contributed by atoms with Crippen molar-refractivity contribution in [3.8, 4) is 0 Å². The molecule has 1 amide bonds. The molecule has 0 atom stereocenters. The van der Waals surface area contributed by atoms with Crippen LogP contribution in [-0.4, -0.2) is 22.4 Å². The minimum Gasteiger partial charge on any atom is -0.351 e. The highest BCUT2D eigenvalue weighted by molar-refractivity contribution is 6.03. The van der Waals surface area contributed by atoms with Crippen LogP contribution in [0.25, 0.3) is 0 Å². The Balaban J connectivity index is 2.17. The molecule has 0 unspecified atom stereocenters. The lowest BCUT2D eigenvalue weighted by Gasteiger charge is -2.13. The molecule has 0 bridgehead atoms. The Kier molecular flexibility index (Phi) is 5.25. The Hall–Kier alpha value is -2.69. The lowest BCUT2D eigenvalue weighted by Crippen LogP contribution is -2.16. The quantitative estimate of drug-likeness (QED) is 0.801. The predicted octanol–water partition coefficient (Wildman–Crippen LogP) is 3.45. The molecule has 0 saturated carbocycles. The van der Waals surface area contributed by atoms with E-state index in [1.165, 1.54) is 0 Å². The van der Waals surface area contributed by atoms with Gasteiger partial charge in [0.15, 0.2) is 0 Å². The van der Waals surface area contributed by atoms with E-state index in [1.807, 2.05) is 24.3 Å². The maximum atomic E-state index is 12.4. The number of benzene rings is 1. The Bertz CT molecular complexity index is 667. The maximum absolute atomic E-state index is 12.4. The van der Waals surface area contributed by atoms with Crippen molar-refractivity contribution in [3.63, 3.8) is 0 Å². The molecule has 5 nitrogen and oxygen atoms in total. The van der Waals surface area contributed by atoms with Gasteiger partial charge in [-0.05, 0) is 23.6 Å². The highest BCUT2D eigenvalue weighted by atomic mass is 16.1. The Morgan fingerprint density at radius 1 is 1.32 bits per heavy atom. The van der Waals surface area contributed by atoms with Crippen molar-refractivity contribution in [1.82, 2.24) is 9.97 Å². The fraction of sp³-hybridized carbons (Fsp3) is 0.235. The van der Waals surface area contributed by atoms with Crippen LogP contribution in [0.3, 0.4) is 0 Å². The van der Waals surface area contributed by atoms with Crippen LogP contribution < -0.4 is 10.6 Å². The highest BCUT2D eigenvalue weighted by Crippen LogP contribution is 2.24. The van der Waals surface area contributed by atoms with Crippen LogP contribution >= 0.6 is 0 Å². The summed E-state index contributed by atoms with van der Waals surface area (Å²) in [7, 11) is 0. The molecule has 0 saturated heterocycles. The minimum absolute atomic E-state index is 0.253. The van der Waals surface area contributed by atoms with Crippen LogP contribution in [0.2, 0.25) is 0 Å². The van der Waals surface area contributed by atoms with E-state index in [1.54, 1.807) is 18.3 Å². The number of hydrogen-bond donors (Lipinski definition) is 2. The molecule has 2 rings (SSSR count). The second-order valence-electron chi connectivity index (χ2n) is 5.13. The SMILES string of the molecule is C=CCNc1nccc(C(=O)Nc2ccccc2C(C)C)n1. The van der Waals surface area contributed by atoms with Crippen LogP contribution in [0.5, 0.6) is 0 Å². The Morgan fingerprint density at radius 2 is 2.09 bits per heavy atom. The monoisotopic (exact) mass is 296 g/mol. The second-order valence-corrected chi connectivity index (χ2v) is 5.13. The average molecular weight is 296 g/mol. The first-order valence-corrected chi connectivity index (χ1v) is 7.20. The van der Waals surface area contributed by atoms with Gasteiger partial charge in [-0.3, -0.25) is 4.79 Å². The molecule has 0 aliphatic heterocycles. The molecule has 0 aliphatic carbocycles. The van der Waals surface area contributed by atoms with Crippen molar-refractivity contribution in [2.75, 3.05) is 17.2 Å². The molecular formula is C17H20N4O. The predicted molar refractivity (Wildman–Crippen MR) is 89.2 cm³/mol. The standard InChI is InChI=1S/C17H20N4O/c1-4-10-18-17-19-11-9-15(21-17)16(22)20-14-8-6-5-7-13(14)12(2)3/h4-9,11-12H,1,10H2,2-3H3,(H,20,22)(H,18,19,21). The zero-order valence-electron chi connectivity index (χ0n) is 12.8. The van der Waals surface area contributed by atoms with Gasteiger partial charge >= 0.3 is 0 Å². The first-order chi connectivity index (χ1) is 10.6. The number of anilines is 2. The van der Waals surface area contributed by atoms with E-state index < -0.39 is 0 Å². The second kappa shape index (κ2) is 7.36. The molecule has 1 aromatic carbocycles. The lowest BCUT2D eigenvalue weighted by atomic mass is 10.0. The molecule has 2 aromatic rings. The van der Waals surface area contributed by atoms with Gasteiger partial charge in [-0.2, -0.15) is 0 Å². The van der Waals surface area contributed by atoms with Crippen molar-refractivity contribution in [2.45, 2.75) is 19.8 Å². The molecule has 22 heavy (non-hydrogen) atoms. The van der Waals surface area contributed by atoms with Gasteiger partial charge in [0.2, 0.25) is 5.95 Å². The van der Waals surface area contributed by atoms with Crippen molar-refractivity contribution in [3.05, 3.63) is 60.4 Å². The molecule has 1 aromatic heterocycles. The maximum Gasteiger partial charge on any atom is 0.274 e. The summed E-state index contributed by atoms with van der Waals surface area (Å²) in [5, 5.41) is 5.88. The number of amides is 1. The summed E-state index contributed by atoms with van der Waals surface area (Å²) in [4.78, 5) is 20.6. The van der Waals surface area contributed by atoms with E-state index in [0.717, 1.165) is 11.3 Å². The smallest absolute Gasteiger partial charge is 0.274 e. The average Bonchev–Trinajstić information content (AvgIpc) is 2.53. The van der Waals surface area contributed by atoms with Gasteiger partial charge in [-0.25, -0.2) is 9.97 Å². The van der Waals surface area contributed by atoms with Crippen LogP contribution in [0, 0.1) is 0 Å². The molecule has 1 heterocycles. The van der Waals surface area contributed by atoms with E-state index in [4.69, 9.17) is 0 Å². The van der Waals surface area contributed by atoms with Gasteiger partial charge in [-0.15, -0.1) is 6.58 Å². The van der Waals surface area contributed by atoms with Crippen LogP contribution in [0.4, 0.5) is 11.6 Å². The Labute approximate surface area is 130 Å². The zero-order valence-corrected chi connectivity index (χ0v) is 12.8. The molecule has 5 heteroatoms. The number of nitrogens with zero attached hydrogens (tertiary/aromatic N) is 2. The normalized spacial score (nSPS) is 10.3. The van der Waals surface area contributed by atoms with Gasteiger partial charge in [0.05, 0.1) is 0 Å². The van der Waals surface area contributed by atoms with E-state index >= 15 is 0 Å². The summed E-state index contributed by atoms with van der Waals surface area (Å²) in [6.45, 7) is 8.34. The van der Waals surface area contributed by atoms with Gasteiger partial charge in [0.25, 0.3) is 5.91 Å². The van der Waals surface area contributed by atoms with Crippen molar-refractivity contribution in [1.29, 1.82) is 0 Å². The topological polar surface area (TPSA) is 66.9 Å². The summed E-state index contributed by atoms with van der Waals surface area (Å²) in [5.41, 5.74) is 2.22. The molecular weight excluding hydrogens is 276 g/mol. The summed E-state index contributed by atoms with van der Waals surface area (Å²) in [5.74, 6) is 0.480. The highest BCUT2D eigenvalue weighted by Gasteiger charge is 2.12. The van der Waals surface area contributed by atoms with E-state index in [2.05, 4.69) is 41.0 Å². The van der Waals surface area contributed by atoms with Crippen molar-refractivity contribution >= 4 is 17.5 Å². The third-order valence-electron chi connectivity index (χ3n) is 3.12. The van der Waals surface area contributed by atoms with Crippen molar-refractivity contribution in [2.24, 2.45) is 0 Å². The van der Waals surface area contributed by atoms with Gasteiger partial charge < -0.3 is 10.6 Å². The molecule has 0 aliphatic rings. The molecule has 0 radical (unpaired) electrons. The third kappa shape index (κ3) is 3.91. The molecule has 0 spiro atoms.